The van der Waals surface area contributed by atoms with E-state index >= 15 is 0 Å². The van der Waals surface area contributed by atoms with Gasteiger partial charge in [-0.05, 0) is 35.9 Å². The minimum absolute atomic E-state index is 0.979. The number of rotatable bonds is 3. The maximum atomic E-state index is 3.53. The number of hydrogen-bond acceptors (Lipinski definition) is 1. The van der Waals surface area contributed by atoms with Crippen molar-refractivity contribution >= 4 is 54.5 Å². The Bertz CT molecular complexity index is 704. The molecule has 0 aliphatic rings. The summed E-state index contributed by atoms with van der Waals surface area (Å²) in [6.07, 6.45) is 2.08. The first-order valence-corrected chi connectivity index (χ1v) is 8.43. The lowest BCUT2D eigenvalue weighted by Gasteiger charge is -2.01. The summed E-state index contributed by atoms with van der Waals surface area (Å²) < 4.78 is 2.24. The van der Waals surface area contributed by atoms with E-state index in [0.29, 0.717) is 0 Å². The molecule has 2 aromatic carbocycles. The van der Waals surface area contributed by atoms with E-state index in [0.717, 1.165) is 14.7 Å². The molecule has 1 aromatic heterocycles. The highest BCUT2D eigenvalue weighted by molar-refractivity contribution is 9.10. The molecule has 0 amide bonds. The van der Waals surface area contributed by atoms with Gasteiger partial charge in [0.15, 0.2) is 0 Å². The van der Waals surface area contributed by atoms with E-state index in [2.05, 4.69) is 85.5 Å². The normalized spacial score (nSPS) is 11.1. The summed E-state index contributed by atoms with van der Waals surface area (Å²) in [5, 5.41) is 1.27. The van der Waals surface area contributed by atoms with Crippen LogP contribution >= 0.6 is 43.6 Å². The van der Waals surface area contributed by atoms with E-state index in [9.17, 15) is 0 Å². The summed E-state index contributed by atoms with van der Waals surface area (Å²) in [6, 6.07) is 14.8. The molecule has 0 spiro atoms. The molecule has 0 atom stereocenters. The van der Waals surface area contributed by atoms with Gasteiger partial charge in [0.1, 0.15) is 0 Å². The number of aromatic amines is 1. The lowest BCUT2D eigenvalue weighted by atomic mass is 10.2. The monoisotopic (exact) mass is 395 g/mol. The number of H-pyrrole nitrogens is 1. The molecule has 0 fully saturated rings. The molecule has 0 saturated heterocycles. The van der Waals surface area contributed by atoms with Crippen LogP contribution in [-0.4, -0.2) is 4.98 Å². The number of fused-ring (bicyclic) bond motifs is 1. The molecule has 96 valence electrons. The third-order valence-corrected chi connectivity index (χ3v) is 5.06. The van der Waals surface area contributed by atoms with Crippen LogP contribution in [0.4, 0.5) is 0 Å². The first-order valence-electron chi connectivity index (χ1n) is 5.86. The molecule has 1 heterocycles. The standard InChI is InChI=1S/C15H11Br2NS/c16-11-3-1-10(2-4-11)9-19-15-8-18-14-6-5-12(17)7-13(14)15/h1-8,18H,9H2. The Morgan fingerprint density at radius 3 is 2.47 bits per heavy atom. The van der Waals surface area contributed by atoms with Crippen molar-refractivity contribution in [2.24, 2.45) is 0 Å². The van der Waals surface area contributed by atoms with Crippen LogP contribution in [0.5, 0.6) is 0 Å². The molecule has 1 N–H and O–H groups in total. The van der Waals surface area contributed by atoms with E-state index in [1.54, 1.807) is 0 Å². The minimum Gasteiger partial charge on any atom is -0.360 e. The molecule has 0 aliphatic carbocycles. The second-order valence-electron chi connectivity index (χ2n) is 4.26. The third-order valence-electron chi connectivity index (χ3n) is 2.91. The third kappa shape index (κ3) is 3.07. The molecule has 0 bridgehead atoms. The fraction of sp³-hybridized carbons (Fsp3) is 0.0667. The van der Waals surface area contributed by atoms with Crippen LogP contribution in [-0.2, 0) is 5.75 Å². The van der Waals surface area contributed by atoms with Gasteiger partial charge in [-0.3, -0.25) is 0 Å². The number of thioether (sulfide) groups is 1. The summed E-state index contributed by atoms with van der Waals surface area (Å²) >= 11 is 8.84. The molecule has 0 radical (unpaired) electrons. The SMILES string of the molecule is Brc1ccc(CSc2c[nH]c3ccc(Br)cc23)cc1. The summed E-state index contributed by atoms with van der Waals surface area (Å²) in [6.45, 7) is 0. The van der Waals surface area contributed by atoms with Crippen molar-refractivity contribution in [2.75, 3.05) is 0 Å². The summed E-state index contributed by atoms with van der Waals surface area (Å²) in [5.74, 6) is 0.979. The fourth-order valence-electron chi connectivity index (χ4n) is 1.93. The Hall–Kier alpha value is -0.710. The minimum atomic E-state index is 0.979. The molecule has 3 aromatic rings. The molecular weight excluding hydrogens is 386 g/mol. The van der Waals surface area contributed by atoms with E-state index in [4.69, 9.17) is 0 Å². The maximum absolute atomic E-state index is 3.53. The Morgan fingerprint density at radius 2 is 1.68 bits per heavy atom. The predicted octanol–water partition coefficient (Wildman–Crippen LogP) is 5.99. The van der Waals surface area contributed by atoms with Gasteiger partial charge in [-0.25, -0.2) is 0 Å². The molecule has 4 heteroatoms. The smallest absolute Gasteiger partial charge is 0.0466 e. The molecule has 1 nitrogen and oxygen atoms in total. The average Bonchev–Trinajstić information content (AvgIpc) is 2.80. The second kappa shape index (κ2) is 5.73. The van der Waals surface area contributed by atoms with Crippen LogP contribution < -0.4 is 0 Å². The zero-order chi connectivity index (χ0) is 13.2. The number of nitrogens with one attached hydrogen (secondary N) is 1. The Kier molecular flexibility index (Phi) is 4.01. The van der Waals surface area contributed by atoms with Crippen LogP contribution in [0.25, 0.3) is 10.9 Å². The number of halogens is 2. The Balaban J connectivity index is 1.81. The highest BCUT2D eigenvalue weighted by Crippen LogP contribution is 2.32. The van der Waals surface area contributed by atoms with Gasteiger partial charge < -0.3 is 4.98 Å². The topological polar surface area (TPSA) is 15.8 Å². The first kappa shape index (κ1) is 13.3. The first-order chi connectivity index (χ1) is 9.22. The number of benzene rings is 2. The van der Waals surface area contributed by atoms with Crippen LogP contribution in [0, 0.1) is 0 Å². The molecule has 0 unspecified atom stereocenters. The lowest BCUT2D eigenvalue weighted by molar-refractivity contribution is 1.37. The zero-order valence-electron chi connectivity index (χ0n) is 9.99. The van der Waals surface area contributed by atoms with Crippen molar-refractivity contribution in [2.45, 2.75) is 10.6 Å². The van der Waals surface area contributed by atoms with Crippen LogP contribution in [0.2, 0.25) is 0 Å². The molecule has 0 saturated carbocycles. The fourth-order valence-corrected chi connectivity index (χ4v) is 3.54. The largest absolute Gasteiger partial charge is 0.360 e. The summed E-state index contributed by atoms with van der Waals surface area (Å²) in [5.41, 5.74) is 2.51. The van der Waals surface area contributed by atoms with Gasteiger partial charge in [0, 0.05) is 36.7 Å². The van der Waals surface area contributed by atoms with Gasteiger partial charge in [-0.1, -0.05) is 44.0 Å². The Morgan fingerprint density at radius 1 is 0.947 bits per heavy atom. The van der Waals surface area contributed by atoms with Crippen LogP contribution in [0.1, 0.15) is 5.56 Å². The van der Waals surface area contributed by atoms with Crippen molar-refractivity contribution in [3.05, 3.63) is 63.2 Å². The highest BCUT2D eigenvalue weighted by atomic mass is 79.9. The quantitative estimate of drug-likeness (QED) is 0.538. The van der Waals surface area contributed by atoms with Crippen molar-refractivity contribution in [3.63, 3.8) is 0 Å². The van der Waals surface area contributed by atoms with Gasteiger partial charge in [-0.2, -0.15) is 0 Å². The van der Waals surface area contributed by atoms with E-state index < -0.39 is 0 Å². The predicted molar refractivity (Wildman–Crippen MR) is 89.7 cm³/mol. The lowest BCUT2D eigenvalue weighted by Crippen LogP contribution is -1.79. The Labute approximate surface area is 133 Å². The number of hydrogen-bond donors (Lipinski definition) is 1. The summed E-state index contributed by atoms with van der Waals surface area (Å²) in [4.78, 5) is 4.60. The second-order valence-corrected chi connectivity index (χ2v) is 7.11. The van der Waals surface area contributed by atoms with E-state index in [1.165, 1.54) is 21.4 Å². The molecular formula is C15H11Br2NS. The summed E-state index contributed by atoms with van der Waals surface area (Å²) in [7, 11) is 0. The molecule has 3 rings (SSSR count). The van der Waals surface area contributed by atoms with Crippen LogP contribution in [0.15, 0.2) is 62.5 Å². The van der Waals surface area contributed by atoms with Crippen molar-refractivity contribution in [1.29, 1.82) is 0 Å². The zero-order valence-corrected chi connectivity index (χ0v) is 14.0. The van der Waals surface area contributed by atoms with E-state index in [1.807, 2.05) is 11.8 Å². The van der Waals surface area contributed by atoms with Crippen molar-refractivity contribution in [1.82, 2.24) is 4.98 Å². The van der Waals surface area contributed by atoms with Gasteiger partial charge in [-0.15, -0.1) is 11.8 Å². The van der Waals surface area contributed by atoms with E-state index in [-0.39, 0.29) is 0 Å². The van der Waals surface area contributed by atoms with Gasteiger partial charge in [0.05, 0.1) is 0 Å². The van der Waals surface area contributed by atoms with Crippen molar-refractivity contribution in [3.8, 4) is 0 Å². The van der Waals surface area contributed by atoms with Gasteiger partial charge >= 0.3 is 0 Å². The van der Waals surface area contributed by atoms with Crippen LogP contribution in [0.3, 0.4) is 0 Å². The maximum Gasteiger partial charge on any atom is 0.0466 e. The molecule has 19 heavy (non-hydrogen) atoms. The van der Waals surface area contributed by atoms with Gasteiger partial charge in [0.2, 0.25) is 0 Å². The van der Waals surface area contributed by atoms with Gasteiger partial charge in [0.25, 0.3) is 0 Å². The van der Waals surface area contributed by atoms with Crippen molar-refractivity contribution < 1.29 is 0 Å². The number of aromatic nitrogens is 1. The average molecular weight is 397 g/mol. The molecule has 0 aliphatic heterocycles. The highest BCUT2D eigenvalue weighted by Gasteiger charge is 2.05.